The van der Waals surface area contributed by atoms with Crippen LogP contribution in [0.1, 0.15) is 16.4 Å². The third-order valence-corrected chi connectivity index (χ3v) is 5.29. The standard InChI is InChI=1S/C22H16ClF2N5O4/c23-22(24,25)34-16-3-1-14(2-4-16)28-20(32)12-5-17(13-7-26-11-27-8-13)19-18(6-12)29-21-30(19)15(9-31)10-33-21/h1-8,11,15,31H,9-10H2,(H,28,32)/t15-/m1/s1. The van der Waals surface area contributed by atoms with E-state index in [0.29, 0.717) is 33.9 Å². The van der Waals surface area contributed by atoms with Gasteiger partial charge in [0.1, 0.15) is 18.7 Å². The molecule has 1 atom stereocenters. The SMILES string of the molecule is O=C(Nc1ccc(OC(F)(F)Cl)cc1)c1cc(-c2cncnc2)c2c(c1)nc1n2[C@H](CO)CO1. The minimum atomic E-state index is -3.83. The number of aromatic nitrogens is 4. The number of halogens is 3. The molecular weight excluding hydrogens is 472 g/mol. The number of aliphatic hydroxyl groups excluding tert-OH is 1. The molecule has 1 aliphatic rings. The van der Waals surface area contributed by atoms with Crippen LogP contribution in [0.15, 0.2) is 55.1 Å². The van der Waals surface area contributed by atoms with Gasteiger partial charge in [0.05, 0.1) is 23.7 Å². The molecule has 0 spiro atoms. The molecule has 0 fully saturated rings. The molecule has 2 aromatic carbocycles. The Morgan fingerprint density at radius 2 is 2.00 bits per heavy atom. The van der Waals surface area contributed by atoms with Gasteiger partial charge in [0.15, 0.2) is 0 Å². The number of benzene rings is 2. The monoisotopic (exact) mass is 487 g/mol. The van der Waals surface area contributed by atoms with Crippen molar-refractivity contribution in [1.29, 1.82) is 0 Å². The molecule has 1 aliphatic heterocycles. The summed E-state index contributed by atoms with van der Waals surface area (Å²) in [6, 6.07) is 8.63. The summed E-state index contributed by atoms with van der Waals surface area (Å²) in [5, 5.41) is 12.5. The molecule has 0 saturated carbocycles. The first-order chi connectivity index (χ1) is 16.3. The van der Waals surface area contributed by atoms with E-state index in [1.54, 1.807) is 29.1 Å². The van der Waals surface area contributed by atoms with Gasteiger partial charge >= 0.3 is 5.57 Å². The Balaban J connectivity index is 1.51. The molecule has 9 nitrogen and oxygen atoms in total. The number of hydrogen-bond donors (Lipinski definition) is 2. The van der Waals surface area contributed by atoms with Crippen LogP contribution < -0.4 is 14.8 Å². The number of carbonyl (C=O) groups is 1. The maximum absolute atomic E-state index is 13.0. The van der Waals surface area contributed by atoms with Crippen LogP contribution >= 0.6 is 11.6 Å². The quantitative estimate of drug-likeness (QED) is 0.397. The van der Waals surface area contributed by atoms with Crippen LogP contribution in [0.2, 0.25) is 0 Å². The number of hydrogen-bond acceptors (Lipinski definition) is 7. The summed E-state index contributed by atoms with van der Waals surface area (Å²) < 4.78 is 37.2. The molecule has 0 radical (unpaired) electrons. The van der Waals surface area contributed by atoms with Crippen molar-refractivity contribution >= 4 is 34.2 Å². The maximum atomic E-state index is 13.0. The van der Waals surface area contributed by atoms with Gasteiger partial charge in [-0.2, -0.15) is 4.98 Å². The Labute approximate surface area is 195 Å². The summed E-state index contributed by atoms with van der Waals surface area (Å²) >= 11 is 4.77. The van der Waals surface area contributed by atoms with E-state index in [1.807, 2.05) is 0 Å². The molecule has 2 N–H and O–H groups in total. The summed E-state index contributed by atoms with van der Waals surface area (Å²) in [5.41, 5.74) is -0.723. The average Bonchev–Trinajstić information content (AvgIpc) is 3.38. The number of nitrogens with one attached hydrogen (secondary N) is 1. The molecule has 34 heavy (non-hydrogen) atoms. The first kappa shape index (κ1) is 22.0. The fraction of sp³-hybridized carbons (Fsp3) is 0.182. The highest BCUT2D eigenvalue weighted by Crippen LogP contribution is 2.38. The van der Waals surface area contributed by atoms with E-state index < -0.39 is 11.5 Å². The minimum absolute atomic E-state index is 0.138. The number of anilines is 1. The average molecular weight is 488 g/mol. The van der Waals surface area contributed by atoms with E-state index in [0.717, 1.165) is 0 Å². The number of nitrogens with zero attached hydrogens (tertiary/aromatic N) is 4. The van der Waals surface area contributed by atoms with Gasteiger partial charge in [-0.1, -0.05) is 0 Å². The van der Waals surface area contributed by atoms with E-state index in [2.05, 4.69) is 25.0 Å². The molecule has 0 aliphatic carbocycles. The summed E-state index contributed by atoms with van der Waals surface area (Å²) in [5.74, 6) is -0.610. The Bertz CT molecular complexity index is 1360. The molecule has 174 valence electrons. The fourth-order valence-corrected chi connectivity index (χ4v) is 3.85. The van der Waals surface area contributed by atoms with Crippen LogP contribution in [0, 0.1) is 0 Å². The van der Waals surface area contributed by atoms with Crippen LogP contribution in [-0.2, 0) is 0 Å². The van der Waals surface area contributed by atoms with E-state index in [4.69, 9.17) is 16.3 Å². The summed E-state index contributed by atoms with van der Waals surface area (Å²) in [7, 11) is 0. The molecule has 3 heterocycles. The van der Waals surface area contributed by atoms with Gasteiger partial charge in [-0.15, -0.1) is 8.78 Å². The highest BCUT2D eigenvalue weighted by Gasteiger charge is 2.30. The number of carbonyl (C=O) groups excluding carboxylic acids is 1. The highest BCUT2D eigenvalue weighted by atomic mass is 35.5. The molecule has 0 unspecified atom stereocenters. The molecule has 1 amide bonds. The lowest BCUT2D eigenvalue weighted by molar-refractivity contribution is -0.0964. The number of aliphatic hydroxyl groups is 1. The van der Waals surface area contributed by atoms with Gasteiger partial charge in [-0.3, -0.25) is 9.36 Å². The molecule has 0 saturated heterocycles. The second-order valence-corrected chi connectivity index (χ2v) is 7.90. The molecule has 2 aromatic heterocycles. The van der Waals surface area contributed by atoms with E-state index in [9.17, 15) is 18.7 Å². The zero-order valence-electron chi connectivity index (χ0n) is 17.3. The number of fused-ring (bicyclic) bond motifs is 3. The van der Waals surface area contributed by atoms with E-state index in [1.165, 1.54) is 30.6 Å². The predicted molar refractivity (Wildman–Crippen MR) is 118 cm³/mol. The Hall–Kier alpha value is -3.83. The molecule has 4 aromatic rings. The van der Waals surface area contributed by atoms with Crippen molar-refractivity contribution in [3.8, 4) is 22.9 Å². The van der Waals surface area contributed by atoms with Crippen molar-refractivity contribution < 1.29 is 28.2 Å². The zero-order chi connectivity index (χ0) is 23.9. The molecule has 12 heteroatoms. The number of rotatable bonds is 6. The smallest absolute Gasteiger partial charge is 0.462 e. The molecule has 0 bridgehead atoms. The van der Waals surface area contributed by atoms with Crippen LogP contribution in [0.4, 0.5) is 14.5 Å². The molecule has 5 rings (SSSR count). The Kier molecular flexibility index (Phi) is 5.50. The van der Waals surface area contributed by atoms with Crippen LogP contribution in [0.3, 0.4) is 0 Å². The maximum Gasteiger partial charge on any atom is 0.487 e. The van der Waals surface area contributed by atoms with Crippen molar-refractivity contribution in [2.45, 2.75) is 11.6 Å². The van der Waals surface area contributed by atoms with Crippen molar-refractivity contribution in [1.82, 2.24) is 19.5 Å². The predicted octanol–water partition coefficient (Wildman–Crippen LogP) is 3.84. The Morgan fingerprint density at radius 3 is 2.68 bits per heavy atom. The lowest BCUT2D eigenvalue weighted by atomic mass is 10.0. The lowest BCUT2D eigenvalue weighted by Gasteiger charge is -2.13. The molecular formula is C22H16ClF2N5O4. The van der Waals surface area contributed by atoms with E-state index in [-0.39, 0.29) is 30.6 Å². The first-order valence-electron chi connectivity index (χ1n) is 10.0. The fourth-order valence-electron chi connectivity index (χ4n) is 3.76. The second-order valence-electron chi connectivity index (χ2n) is 7.46. The van der Waals surface area contributed by atoms with Gasteiger partial charge in [0, 0.05) is 46.4 Å². The second kappa shape index (κ2) is 8.50. The van der Waals surface area contributed by atoms with Crippen LogP contribution in [0.5, 0.6) is 11.8 Å². The van der Waals surface area contributed by atoms with E-state index >= 15 is 0 Å². The number of ether oxygens (including phenoxy) is 2. The lowest BCUT2D eigenvalue weighted by Crippen LogP contribution is -2.16. The number of alkyl halides is 3. The van der Waals surface area contributed by atoms with Crippen molar-refractivity contribution in [3.05, 3.63) is 60.7 Å². The van der Waals surface area contributed by atoms with Crippen LogP contribution in [-0.4, -0.2) is 49.3 Å². The van der Waals surface area contributed by atoms with Gasteiger partial charge in [0.2, 0.25) is 0 Å². The third-order valence-electron chi connectivity index (χ3n) is 5.21. The van der Waals surface area contributed by atoms with Crippen molar-refractivity contribution in [2.75, 3.05) is 18.5 Å². The summed E-state index contributed by atoms with van der Waals surface area (Å²) in [6.45, 7) is 0.151. The third kappa shape index (κ3) is 4.22. The number of amides is 1. The topological polar surface area (TPSA) is 111 Å². The highest BCUT2D eigenvalue weighted by molar-refractivity contribution is 6.20. The van der Waals surface area contributed by atoms with Gasteiger partial charge in [0.25, 0.3) is 11.9 Å². The minimum Gasteiger partial charge on any atom is -0.462 e. The van der Waals surface area contributed by atoms with Crippen molar-refractivity contribution in [3.63, 3.8) is 0 Å². The van der Waals surface area contributed by atoms with Crippen molar-refractivity contribution in [2.24, 2.45) is 0 Å². The Morgan fingerprint density at radius 1 is 1.26 bits per heavy atom. The normalized spacial score (nSPS) is 15.1. The first-order valence-corrected chi connectivity index (χ1v) is 10.4. The van der Waals surface area contributed by atoms with Gasteiger partial charge < -0.3 is 19.9 Å². The largest absolute Gasteiger partial charge is 0.487 e. The zero-order valence-corrected chi connectivity index (χ0v) is 18.0. The summed E-state index contributed by atoms with van der Waals surface area (Å²) in [4.78, 5) is 25.6. The summed E-state index contributed by atoms with van der Waals surface area (Å²) in [6.07, 6.45) is 4.61. The van der Waals surface area contributed by atoms with Gasteiger partial charge in [-0.05, 0) is 36.4 Å². The number of imidazole rings is 1. The van der Waals surface area contributed by atoms with Crippen LogP contribution in [0.25, 0.3) is 22.2 Å². The van der Waals surface area contributed by atoms with Gasteiger partial charge in [-0.25, -0.2) is 9.97 Å².